The number of piperazine rings is 1. The highest BCUT2D eigenvalue weighted by molar-refractivity contribution is 6.02. The topological polar surface area (TPSA) is 44.8 Å². The van der Waals surface area contributed by atoms with Crippen LogP contribution in [0.2, 0.25) is 0 Å². The van der Waals surface area contributed by atoms with Crippen LogP contribution >= 0.6 is 0 Å². The maximum atomic E-state index is 12.2. The van der Waals surface area contributed by atoms with Gasteiger partial charge in [0.05, 0.1) is 7.11 Å². The van der Waals surface area contributed by atoms with E-state index in [-0.39, 0.29) is 5.91 Å². The van der Waals surface area contributed by atoms with Crippen molar-refractivity contribution >= 4 is 23.4 Å². The lowest BCUT2D eigenvalue weighted by Crippen LogP contribution is -2.46. The fraction of sp³-hybridized carbons (Fsp3) is 0.318. The van der Waals surface area contributed by atoms with Gasteiger partial charge in [0.15, 0.2) is 0 Å². The summed E-state index contributed by atoms with van der Waals surface area (Å²) in [5.41, 5.74) is 2.87. The molecule has 1 saturated heterocycles. The second kappa shape index (κ2) is 9.24. The summed E-state index contributed by atoms with van der Waals surface area (Å²) in [6.07, 6.45) is 3.28. The fourth-order valence-corrected chi connectivity index (χ4v) is 3.23. The Labute approximate surface area is 161 Å². The molecule has 27 heavy (non-hydrogen) atoms. The minimum absolute atomic E-state index is 0.162. The molecule has 0 aromatic heterocycles. The van der Waals surface area contributed by atoms with E-state index >= 15 is 0 Å². The smallest absolute Gasteiger partial charge is 0.248 e. The lowest BCUT2D eigenvalue weighted by atomic mass is 10.2. The molecular weight excluding hydrogens is 338 g/mol. The van der Waals surface area contributed by atoms with Crippen molar-refractivity contribution in [2.24, 2.45) is 0 Å². The predicted molar refractivity (Wildman–Crippen MR) is 111 cm³/mol. The van der Waals surface area contributed by atoms with Gasteiger partial charge in [-0.2, -0.15) is 0 Å². The molecule has 0 spiro atoms. The van der Waals surface area contributed by atoms with E-state index < -0.39 is 0 Å². The summed E-state index contributed by atoms with van der Waals surface area (Å²) in [7, 11) is 1.62. The minimum Gasteiger partial charge on any atom is -0.496 e. The first-order valence-electron chi connectivity index (χ1n) is 9.39. The molecule has 5 nitrogen and oxygen atoms in total. The van der Waals surface area contributed by atoms with Gasteiger partial charge in [-0.1, -0.05) is 25.1 Å². The molecule has 1 aliphatic rings. The molecule has 0 unspecified atom stereocenters. The van der Waals surface area contributed by atoms with Crippen LogP contribution in [-0.2, 0) is 4.79 Å². The van der Waals surface area contributed by atoms with Crippen LogP contribution < -0.4 is 15.0 Å². The van der Waals surface area contributed by atoms with Crippen molar-refractivity contribution in [2.75, 3.05) is 50.1 Å². The number of methoxy groups -OCH3 is 1. The van der Waals surface area contributed by atoms with Crippen molar-refractivity contribution < 1.29 is 9.53 Å². The van der Waals surface area contributed by atoms with E-state index in [0.717, 1.165) is 49.7 Å². The number of hydrogen-bond donors (Lipinski definition) is 1. The number of carbonyl (C=O) groups is 1. The highest BCUT2D eigenvalue weighted by Crippen LogP contribution is 2.20. The summed E-state index contributed by atoms with van der Waals surface area (Å²) in [5, 5.41) is 2.90. The van der Waals surface area contributed by atoms with Crippen molar-refractivity contribution in [2.45, 2.75) is 6.92 Å². The Kier molecular flexibility index (Phi) is 6.49. The number of hydrogen-bond acceptors (Lipinski definition) is 4. The van der Waals surface area contributed by atoms with E-state index in [4.69, 9.17) is 4.74 Å². The zero-order chi connectivity index (χ0) is 19.1. The van der Waals surface area contributed by atoms with Gasteiger partial charge in [0.25, 0.3) is 0 Å². The third-order valence-corrected chi connectivity index (χ3v) is 4.87. The maximum Gasteiger partial charge on any atom is 0.248 e. The average Bonchev–Trinajstić information content (AvgIpc) is 2.73. The van der Waals surface area contributed by atoms with Crippen LogP contribution in [0.1, 0.15) is 12.5 Å². The lowest BCUT2D eigenvalue weighted by Gasteiger charge is -2.35. The van der Waals surface area contributed by atoms with Gasteiger partial charge in [-0.05, 0) is 43.0 Å². The number of ether oxygens (including phenoxy) is 1. The number of rotatable bonds is 6. The Morgan fingerprint density at radius 2 is 1.78 bits per heavy atom. The molecular formula is C22H27N3O2. The molecule has 142 valence electrons. The summed E-state index contributed by atoms with van der Waals surface area (Å²) in [6.45, 7) is 7.60. The highest BCUT2D eigenvalue weighted by Gasteiger charge is 2.15. The number of nitrogens with zero attached hydrogens (tertiary/aromatic N) is 2. The number of para-hydroxylation sites is 1. The fourth-order valence-electron chi connectivity index (χ4n) is 3.23. The largest absolute Gasteiger partial charge is 0.496 e. The van der Waals surface area contributed by atoms with Crippen LogP contribution in [0, 0.1) is 0 Å². The normalized spacial score (nSPS) is 15.1. The molecule has 1 amide bonds. The summed E-state index contributed by atoms with van der Waals surface area (Å²) in [4.78, 5) is 17.0. The number of benzene rings is 2. The minimum atomic E-state index is -0.162. The number of amides is 1. The van der Waals surface area contributed by atoms with Gasteiger partial charge in [-0.25, -0.2) is 0 Å². The number of likely N-dealkylation sites (N-methyl/N-ethyl adjacent to an activating group) is 1. The lowest BCUT2D eigenvalue weighted by molar-refractivity contribution is -0.111. The van der Waals surface area contributed by atoms with E-state index in [1.54, 1.807) is 13.2 Å². The Morgan fingerprint density at radius 1 is 1.07 bits per heavy atom. The maximum absolute atomic E-state index is 12.2. The second-order valence-corrected chi connectivity index (χ2v) is 6.53. The SMILES string of the molecule is CCN1CCN(c2ccc(NC(=O)/C=C/c3ccccc3OC)cc2)CC1. The van der Waals surface area contributed by atoms with Crippen molar-refractivity contribution in [3.63, 3.8) is 0 Å². The van der Waals surface area contributed by atoms with Crippen molar-refractivity contribution in [1.29, 1.82) is 0 Å². The molecule has 0 atom stereocenters. The Hall–Kier alpha value is -2.79. The van der Waals surface area contributed by atoms with Gasteiger partial charge in [0.2, 0.25) is 5.91 Å². The van der Waals surface area contributed by atoms with Gasteiger partial charge < -0.3 is 19.9 Å². The molecule has 0 bridgehead atoms. The third kappa shape index (κ3) is 5.11. The molecule has 1 fully saturated rings. The first-order chi connectivity index (χ1) is 13.2. The summed E-state index contributed by atoms with van der Waals surface area (Å²) in [6, 6.07) is 15.7. The van der Waals surface area contributed by atoms with Crippen LogP contribution in [0.4, 0.5) is 11.4 Å². The van der Waals surface area contributed by atoms with Gasteiger partial charge >= 0.3 is 0 Å². The summed E-state index contributed by atoms with van der Waals surface area (Å²) in [5.74, 6) is 0.583. The van der Waals surface area contributed by atoms with Gasteiger partial charge in [0.1, 0.15) is 5.75 Å². The molecule has 1 N–H and O–H groups in total. The van der Waals surface area contributed by atoms with E-state index in [1.165, 1.54) is 11.8 Å². The van der Waals surface area contributed by atoms with Crippen molar-refractivity contribution in [1.82, 2.24) is 4.90 Å². The Bertz CT molecular complexity index is 778. The molecule has 3 rings (SSSR count). The molecule has 0 aliphatic carbocycles. The quantitative estimate of drug-likeness (QED) is 0.796. The second-order valence-electron chi connectivity index (χ2n) is 6.53. The van der Waals surface area contributed by atoms with Crippen LogP contribution in [-0.4, -0.2) is 50.6 Å². The predicted octanol–water partition coefficient (Wildman–Crippen LogP) is 3.49. The third-order valence-electron chi connectivity index (χ3n) is 4.87. The van der Waals surface area contributed by atoms with Crippen LogP contribution in [0.3, 0.4) is 0 Å². The molecule has 1 heterocycles. The van der Waals surface area contributed by atoms with E-state index in [2.05, 4.69) is 34.2 Å². The van der Waals surface area contributed by atoms with Crippen LogP contribution in [0.25, 0.3) is 6.08 Å². The molecule has 2 aromatic rings. The number of nitrogens with one attached hydrogen (secondary N) is 1. The number of carbonyl (C=O) groups excluding carboxylic acids is 1. The van der Waals surface area contributed by atoms with Crippen LogP contribution in [0.5, 0.6) is 5.75 Å². The summed E-state index contributed by atoms with van der Waals surface area (Å²) >= 11 is 0. The Morgan fingerprint density at radius 3 is 2.44 bits per heavy atom. The standard InChI is InChI=1S/C22H27N3O2/c1-3-24-14-16-25(17-15-24)20-11-9-19(10-12-20)23-22(26)13-8-18-6-4-5-7-21(18)27-2/h4-13H,3,14-17H2,1-2H3,(H,23,26)/b13-8+. The summed E-state index contributed by atoms with van der Waals surface area (Å²) < 4.78 is 5.29. The van der Waals surface area contributed by atoms with Crippen molar-refractivity contribution in [3.05, 3.63) is 60.2 Å². The van der Waals surface area contributed by atoms with Gasteiger partial charge in [0, 0.05) is 49.2 Å². The van der Waals surface area contributed by atoms with E-state index in [9.17, 15) is 4.79 Å². The molecule has 2 aromatic carbocycles. The molecule has 5 heteroatoms. The van der Waals surface area contributed by atoms with E-state index in [1.807, 2.05) is 36.4 Å². The van der Waals surface area contributed by atoms with Crippen LogP contribution in [0.15, 0.2) is 54.6 Å². The highest BCUT2D eigenvalue weighted by atomic mass is 16.5. The molecule has 0 saturated carbocycles. The zero-order valence-electron chi connectivity index (χ0n) is 16.0. The zero-order valence-corrected chi connectivity index (χ0v) is 16.0. The molecule has 1 aliphatic heterocycles. The van der Waals surface area contributed by atoms with Gasteiger partial charge in [-0.3, -0.25) is 4.79 Å². The van der Waals surface area contributed by atoms with Gasteiger partial charge in [-0.15, -0.1) is 0 Å². The van der Waals surface area contributed by atoms with Crippen molar-refractivity contribution in [3.8, 4) is 5.75 Å². The average molecular weight is 365 g/mol. The first kappa shape index (κ1) is 19.0. The monoisotopic (exact) mass is 365 g/mol. The first-order valence-corrected chi connectivity index (χ1v) is 9.39. The Balaban J connectivity index is 1.56. The number of anilines is 2. The van der Waals surface area contributed by atoms with E-state index in [0.29, 0.717) is 0 Å². The molecule has 0 radical (unpaired) electrons.